The zero-order chi connectivity index (χ0) is 14.8. The first-order valence-electron chi connectivity index (χ1n) is 6.20. The number of nitrogens with two attached hydrogens (primary N) is 2. The lowest BCUT2D eigenvalue weighted by molar-refractivity contribution is 0.599. The standard InChI is InChI=1S/C14H10N4O2S/c15-13-12-8(17-14(16)18-13)5-6-10-11(12)7-3-1-2-4-9(7)21(10,19)20/h1-6H,(H4,15,16,17,18). The van der Waals surface area contributed by atoms with Crippen LogP contribution in [0.1, 0.15) is 0 Å². The number of anilines is 2. The fourth-order valence-electron chi connectivity index (χ4n) is 2.77. The molecule has 7 heteroatoms. The molecule has 4 rings (SSSR count). The largest absolute Gasteiger partial charge is 0.383 e. The van der Waals surface area contributed by atoms with Gasteiger partial charge in [0.15, 0.2) is 0 Å². The van der Waals surface area contributed by atoms with Crippen LogP contribution in [-0.2, 0) is 9.84 Å². The molecule has 6 nitrogen and oxygen atoms in total. The highest BCUT2D eigenvalue weighted by molar-refractivity contribution is 7.92. The highest BCUT2D eigenvalue weighted by atomic mass is 32.2. The lowest BCUT2D eigenvalue weighted by atomic mass is 10.0. The zero-order valence-corrected chi connectivity index (χ0v) is 11.6. The van der Waals surface area contributed by atoms with E-state index in [9.17, 15) is 8.42 Å². The topological polar surface area (TPSA) is 112 Å². The molecular weight excluding hydrogens is 288 g/mol. The number of nitrogen functional groups attached to an aromatic ring is 2. The van der Waals surface area contributed by atoms with Gasteiger partial charge in [0.05, 0.1) is 20.7 Å². The molecule has 0 saturated heterocycles. The van der Waals surface area contributed by atoms with Crippen LogP contribution in [0.3, 0.4) is 0 Å². The molecule has 2 aromatic carbocycles. The number of rotatable bonds is 0. The van der Waals surface area contributed by atoms with Crippen LogP contribution in [0.5, 0.6) is 0 Å². The third-order valence-electron chi connectivity index (χ3n) is 3.61. The van der Waals surface area contributed by atoms with Gasteiger partial charge in [0.1, 0.15) is 5.82 Å². The first-order valence-corrected chi connectivity index (χ1v) is 7.68. The average molecular weight is 298 g/mol. The number of hydrogen-bond donors (Lipinski definition) is 2. The van der Waals surface area contributed by atoms with Crippen LogP contribution in [0.2, 0.25) is 0 Å². The van der Waals surface area contributed by atoms with Crippen LogP contribution in [0.4, 0.5) is 11.8 Å². The maximum atomic E-state index is 12.6. The van der Waals surface area contributed by atoms with E-state index < -0.39 is 9.84 Å². The Labute approximate surface area is 120 Å². The van der Waals surface area contributed by atoms with Gasteiger partial charge in [0.2, 0.25) is 15.8 Å². The van der Waals surface area contributed by atoms with Gasteiger partial charge in [0, 0.05) is 11.1 Å². The van der Waals surface area contributed by atoms with E-state index >= 15 is 0 Å². The van der Waals surface area contributed by atoms with Gasteiger partial charge < -0.3 is 11.5 Å². The maximum Gasteiger partial charge on any atom is 0.222 e. The van der Waals surface area contributed by atoms with Crippen molar-refractivity contribution in [3.63, 3.8) is 0 Å². The third kappa shape index (κ3) is 1.43. The molecule has 4 N–H and O–H groups in total. The van der Waals surface area contributed by atoms with Crippen molar-refractivity contribution in [2.24, 2.45) is 0 Å². The number of nitrogens with zero attached hydrogens (tertiary/aromatic N) is 2. The Hall–Kier alpha value is -2.67. The molecule has 1 aliphatic rings. The fraction of sp³-hybridized carbons (Fsp3) is 0. The van der Waals surface area contributed by atoms with E-state index in [1.807, 2.05) is 0 Å². The van der Waals surface area contributed by atoms with Crippen molar-refractivity contribution < 1.29 is 8.42 Å². The summed E-state index contributed by atoms with van der Waals surface area (Å²) in [4.78, 5) is 8.59. The van der Waals surface area contributed by atoms with Crippen molar-refractivity contribution in [2.75, 3.05) is 11.5 Å². The number of aromatic nitrogens is 2. The van der Waals surface area contributed by atoms with Crippen molar-refractivity contribution in [1.29, 1.82) is 0 Å². The van der Waals surface area contributed by atoms with Gasteiger partial charge in [-0.05, 0) is 18.2 Å². The van der Waals surface area contributed by atoms with Gasteiger partial charge in [-0.25, -0.2) is 13.4 Å². The Morgan fingerprint density at radius 1 is 0.905 bits per heavy atom. The molecule has 0 spiro atoms. The summed E-state index contributed by atoms with van der Waals surface area (Å²) in [6, 6.07) is 9.97. The molecule has 0 unspecified atom stereocenters. The van der Waals surface area contributed by atoms with E-state index in [2.05, 4.69) is 9.97 Å². The van der Waals surface area contributed by atoms with Crippen molar-refractivity contribution in [3.05, 3.63) is 36.4 Å². The first-order chi connectivity index (χ1) is 10.00. The van der Waals surface area contributed by atoms with E-state index in [0.717, 1.165) is 0 Å². The summed E-state index contributed by atoms with van der Waals surface area (Å²) in [5.74, 6) is 0.246. The van der Waals surface area contributed by atoms with Gasteiger partial charge in [-0.2, -0.15) is 4.98 Å². The molecule has 104 valence electrons. The molecule has 21 heavy (non-hydrogen) atoms. The van der Waals surface area contributed by atoms with Gasteiger partial charge >= 0.3 is 0 Å². The third-order valence-corrected chi connectivity index (χ3v) is 5.46. The van der Waals surface area contributed by atoms with Crippen LogP contribution >= 0.6 is 0 Å². The Balaban J connectivity index is 2.29. The minimum absolute atomic E-state index is 0.0640. The van der Waals surface area contributed by atoms with Gasteiger partial charge in [0.25, 0.3) is 0 Å². The second-order valence-corrected chi connectivity index (χ2v) is 6.69. The molecule has 0 atom stereocenters. The Morgan fingerprint density at radius 3 is 2.48 bits per heavy atom. The first kappa shape index (κ1) is 12.1. The quantitative estimate of drug-likeness (QED) is 0.510. The number of fused-ring (bicyclic) bond motifs is 5. The van der Waals surface area contributed by atoms with E-state index in [1.54, 1.807) is 36.4 Å². The van der Waals surface area contributed by atoms with E-state index in [4.69, 9.17) is 11.5 Å². The van der Waals surface area contributed by atoms with E-state index in [0.29, 0.717) is 22.0 Å². The lowest BCUT2D eigenvalue weighted by Crippen LogP contribution is -2.02. The Kier molecular flexibility index (Phi) is 2.13. The molecule has 1 aliphatic heterocycles. The van der Waals surface area contributed by atoms with E-state index in [1.165, 1.54) is 0 Å². The summed E-state index contributed by atoms with van der Waals surface area (Å²) >= 11 is 0. The normalized spacial score (nSPS) is 14.9. The van der Waals surface area contributed by atoms with Crippen LogP contribution in [-0.4, -0.2) is 18.4 Å². The second kappa shape index (κ2) is 3.70. The summed E-state index contributed by atoms with van der Waals surface area (Å²) in [6.45, 7) is 0. The molecule has 3 aromatic rings. The van der Waals surface area contributed by atoms with Crippen molar-refractivity contribution >= 4 is 32.5 Å². The average Bonchev–Trinajstić information content (AvgIpc) is 2.67. The predicted octanol–water partition coefficient (Wildman–Crippen LogP) is 1.61. The molecule has 0 amide bonds. The Bertz CT molecular complexity index is 1030. The number of hydrogen-bond acceptors (Lipinski definition) is 6. The second-order valence-electron chi connectivity index (χ2n) is 4.80. The molecular formula is C14H10N4O2S. The molecule has 0 radical (unpaired) electrons. The van der Waals surface area contributed by atoms with E-state index in [-0.39, 0.29) is 21.6 Å². The lowest BCUT2D eigenvalue weighted by Gasteiger charge is -2.07. The molecule has 0 fully saturated rings. The molecule has 0 aliphatic carbocycles. The maximum absolute atomic E-state index is 12.6. The van der Waals surface area contributed by atoms with Gasteiger partial charge in [-0.1, -0.05) is 18.2 Å². The van der Waals surface area contributed by atoms with Crippen molar-refractivity contribution in [2.45, 2.75) is 9.79 Å². The highest BCUT2D eigenvalue weighted by Gasteiger charge is 2.34. The Morgan fingerprint density at radius 2 is 1.67 bits per heavy atom. The summed E-state index contributed by atoms with van der Waals surface area (Å²) in [5.41, 5.74) is 13.3. The SMILES string of the molecule is Nc1nc(N)c2c3c(ccc2n1)S(=O)(=O)c1ccccc1-3. The summed E-state index contributed by atoms with van der Waals surface area (Å²) in [5, 5.41) is 0.523. The summed E-state index contributed by atoms with van der Waals surface area (Å²) in [6.07, 6.45) is 0. The van der Waals surface area contributed by atoms with Crippen LogP contribution in [0.15, 0.2) is 46.2 Å². The van der Waals surface area contributed by atoms with Crippen molar-refractivity contribution in [1.82, 2.24) is 9.97 Å². The molecule has 2 heterocycles. The number of benzene rings is 2. The smallest absolute Gasteiger partial charge is 0.222 e. The summed E-state index contributed by atoms with van der Waals surface area (Å²) < 4.78 is 25.2. The highest BCUT2D eigenvalue weighted by Crippen LogP contribution is 2.47. The van der Waals surface area contributed by atoms with Crippen LogP contribution < -0.4 is 11.5 Å². The van der Waals surface area contributed by atoms with Crippen LogP contribution in [0, 0.1) is 0 Å². The molecule has 1 aromatic heterocycles. The van der Waals surface area contributed by atoms with Gasteiger partial charge in [-0.3, -0.25) is 0 Å². The van der Waals surface area contributed by atoms with Crippen molar-refractivity contribution in [3.8, 4) is 11.1 Å². The predicted molar refractivity (Wildman–Crippen MR) is 79.3 cm³/mol. The minimum atomic E-state index is -3.53. The zero-order valence-electron chi connectivity index (χ0n) is 10.7. The number of sulfone groups is 1. The minimum Gasteiger partial charge on any atom is -0.383 e. The molecule has 0 bridgehead atoms. The van der Waals surface area contributed by atoms with Gasteiger partial charge in [-0.15, -0.1) is 0 Å². The summed E-state index contributed by atoms with van der Waals surface area (Å²) in [7, 11) is -3.53. The monoisotopic (exact) mass is 298 g/mol. The molecule has 0 saturated carbocycles. The fourth-order valence-corrected chi connectivity index (χ4v) is 4.45. The van der Waals surface area contributed by atoms with Crippen LogP contribution in [0.25, 0.3) is 22.0 Å².